The molecule has 1 fully saturated rings. The molecule has 2 aromatic heterocycles. The van der Waals surface area contributed by atoms with Crippen LogP contribution in [0.1, 0.15) is 10.4 Å². The molecule has 0 atom stereocenters. The summed E-state index contributed by atoms with van der Waals surface area (Å²) in [6, 6.07) is 6.07. The van der Waals surface area contributed by atoms with Crippen molar-refractivity contribution in [2.75, 3.05) is 36.5 Å². The molecule has 154 valence electrons. The van der Waals surface area contributed by atoms with E-state index in [1.54, 1.807) is 30.6 Å². The Morgan fingerprint density at radius 2 is 2.00 bits per heavy atom. The molecule has 30 heavy (non-hydrogen) atoms. The van der Waals surface area contributed by atoms with Crippen molar-refractivity contribution in [2.45, 2.75) is 0 Å². The second-order valence-electron chi connectivity index (χ2n) is 6.55. The van der Waals surface area contributed by atoms with E-state index in [2.05, 4.69) is 41.1 Å². The smallest absolute Gasteiger partial charge is 0.337 e. The SMILES string of the molecule is O=C(O)c1cncc(-c2cnc(Nc3ccc(F)c(Br)c3)nc2N2CCOCC2)c1. The van der Waals surface area contributed by atoms with E-state index in [0.29, 0.717) is 59.4 Å². The van der Waals surface area contributed by atoms with Gasteiger partial charge in [0, 0.05) is 48.5 Å². The number of anilines is 3. The summed E-state index contributed by atoms with van der Waals surface area (Å²) in [5.41, 5.74) is 1.98. The molecule has 1 saturated heterocycles. The molecule has 0 unspecified atom stereocenters. The van der Waals surface area contributed by atoms with Crippen LogP contribution in [0, 0.1) is 5.82 Å². The Balaban J connectivity index is 1.73. The number of aromatic nitrogens is 3. The van der Waals surface area contributed by atoms with Gasteiger partial charge in [0.1, 0.15) is 11.6 Å². The summed E-state index contributed by atoms with van der Waals surface area (Å²) in [6.07, 6.45) is 4.50. The van der Waals surface area contributed by atoms with Crippen molar-refractivity contribution in [3.05, 3.63) is 58.7 Å². The molecule has 8 nitrogen and oxygen atoms in total. The van der Waals surface area contributed by atoms with Crippen LogP contribution in [-0.4, -0.2) is 52.3 Å². The molecule has 0 bridgehead atoms. The van der Waals surface area contributed by atoms with E-state index in [1.807, 2.05) is 0 Å². The summed E-state index contributed by atoms with van der Waals surface area (Å²) >= 11 is 3.16. The first kappa shape index (κ1) is 20.2. The van der Waals surface area contributed by atoms with Gasteiger partial charge in [-0.05, 0) is 40.2 Å². The molecule has 1 aliphatic rings. The number of benzene rings is 1. The van der Waals surface area contributed by atoms with Crippen molar-refractivity contribution in [3.8, 4) is 11.1 Å². The number of morpholine rings is 1. The highest BCUT2D eigenvalue weighted by molar-refractivity contribution is 9.10. The number of rotatable bonds is 5. The Morgan fingerprint density at radius 1 is 1.20 bits per heavy atom. The number of halogens is 2. The summed E-state index contributed by atoms with van der Waals surface area (Å²) in [6.45, 7) is 2.39. The monoisotopic (exact) mass is 473 g/mol. The Hall–Kier alpha value is -3.11. The molecule has 2 N–H and O–H groups in total. The molecule has 1 aliphatic heterocycles. The topological polar surface area (TPSA) is 100 Å². The zero-order chi connectivity index (χ0) is 21.1. The van der Waals surface area contributed by atoms with Crippen molar-refractivity contribution in [1.82, 2.24) is 15.0 Å². The summed E-state index contributed by atoms with van der Waals surface area (Å²) in [5.74, 6) is -0.447. The third-order valence-corrected chi connectivity index (χ3v) is 5.16. The Kier molecular flexibility index (Phi) is 5.86. The number of nitrogens with zero attached hydrogens (tertiary/aromatic N) is 4. The van der Waals surface area contributed by atoms with Crippen LogP contribution in [-0.2, 0) is 4.74 Å². The fourth-order valence-electron chi connectivity index (χ4n) is 3.06. The normalized spacial score (nSPS) is 13.9. The molecule has 0 radical (unpaired) electrons. The van der Waals surface area contributed by atoms with Gasteiger partial charge in [-0.25, -0.2) is 14.2 Å². The minimum atomic E-state index is -1.06. The largest absolute Gasteiger partial charge is 0.478 e. The molecule has 3 heterocycles. The maximum Gasteiger partial charge on any atom is 0.337 e. The number of carboxylic acids is 1. The van der Waals surface area contributed by atoms with Gasteiger partial charge < -0.3 is 20.1 Å². The summed E-state index contributed by atoms with van der Waals surface area (Å²) in [7, 11) is 0. The molecule has 1 aromatic carbocycles. The molecular formula is C20H17BrFN5O3. The number of aromatic carboxylic acids is 1. The zero-order valence-electron chi connectivity index (χ0n) is 15.7. The second-order valence-corrected chi connectivity index (χ2v) is 7.41. The molecule has 3 aromatic rings. The standard InChI is InChI=1S/C20H17BrFN5O3/c21-16-8-14(1-2-17(16)22)25-20-24-11-15(12-7-13(19(28)29)10-23-9-12)18(26-20)27-3-5-30-6-4-27/h1-2,7-11H,3-6H2,(H,28,29)(H,24,25,26). The number of nitrogens with one attached hydrogen (secondary N) is 1. The van der Waals surface area contributed by atoms with Crippen LogP contribution in [0.3, 0.4) is 0 Å². The van der Waals surface area contributed by atoms with Crippen molar-refractivity contribution in [3.63, 3.8) is 0 Å². The maximum atomic E-state index is 13.5. The number of ether oxygens (including phenoxy) is 1. The Morgan fingerprint density at radius 3 is 2.73 bits per heavy atom. The van der Waals surface area contributed by atoms with E-state index in [-0.39, 0.29) is 11.4 Å². The van der Waals surface area contributed by atoms with Gasteiger partial charge in [-0.3, -0.25) is 4.98 Å². The first-order chi connectivity index (χ1) is 14.5. The lowest BCUT2D eigenvalue weighted by Crippen LogP contribution is -2.37. The molecule has 10 heteroatoms. The molecular weight excluding hydrogens is 457 g/mol. The minimum Gasteiger partial charge on any atom is -0.478 e. The van der Waals surface area contributed by atoms with Crippen molar-refractivity contribution >= 4 is 39.4 Å². The molecule has 0 spiro atoms. The zero-order valence-corrected chi connectivity index (χ0v) is 17.3. The highest BCUT2D eigenvalue weighted by Crippen LogP contribution is 2.31. The Bertz CT molecular complexity index is 1090. The predicted molar refractivity (Wildman–Crippen MR) is 113 cm³/mol. The van der Waals surface area contributed by atoms with Crippen molar-refractivity contribution < 1.29 is 19.0 Å². The summed E-state index contributed by atoms with van der Waals surface area (Å²) in [5, 5.41) is 12.4. The maximum absolute atomic E-state index is 13.5. The van der Waals surface area contributed by atoms with Crippen LogP contribution < -0.4 is 10.2 Å². The van der Waals surface area contributed by atoms with Crippen LogP contribution in [0.5, 0.6) is 0 Å². The average molecular weight is 474 g/mol. The average Bonchev–Trinajstić information content (AvgIpc) is 2.77. The van der Waals surface area contributed by atoms with Crippen LogP contribution >= 0.6 is 15.9 Å². The van der Waals surface area contributed by atoms with Gasteiger partial charge >= 0.3 is 5.97 Å². The minimum absolute atomic E-state index is 0.0822. The van der Waals surface area contributed by atoms with E-state index in [9.17, 15) is 14.3 Å². The Labute approximate surface area is 179 Å². The predicted octanol–water partition coefficient (Wildman–Crippen LogP) is 3.72. The lowest BCUT2D eigenvalue weighted by atomic mass is 10.1. The van der Waals surface area contributed by atoms with Gasteiger partial charge in [0.25, 0.3) is 0 Å². The van der Waals surface area contributed by atoms with Gasteiger partial charge in [0.15, 0.2) is 0 Å². The summed E-state index contributed by atoms with van der Waals surface area (Å²) in [4.78, 5) is 26.5. The number of pyridine rings is 1. The third kappa shape index (κ3) is 4.39. The number of hydrogen-bond acceptors (Lipinski definition) is 7. The van der Waals surface area contributed by atoms with Gasteiger partial charge in [-0.15, -0.1) is 0 Å². The molecule has 0 aliphatic carbocycles. The van der Waals surface area contributed by atoms with E-state index in [0.717, 1.165) is 0 Å². The highest BCUT2D eigenvalue weighted by atomic mass is 79.9. The van der Waals surface area contributed by atoms with Crippen molar-refractivity contribution in [1.29, 1.82) is 0 Å². The fourth-order valence-corrected chi connectivity index (χ4v) is 3.44. The van der Waals surface area contributed by atoms with Gasteiger partial charge in [0.2, 0.25) is 5.95 Å². The van der Waals surface area contributed by atoms with Gasteiger partial charge in [0.05, 0.1) is 23.2 Å². The van der Waals surface area contributed by atoms with E-state index in [4.69, 9.17) is 4.74 Å². The fraction of sp³-hybridized carbons (Fsp3) is 0.200. The number of hydrogen-bond donors (Lipinski definition) is 2. The first-order valence-corrected chi connectivity index (χ1v) is 9.91. The molecule has 0 amide bonds. The highest BCUT2D eigenvalue weighted by Gasteiger charge is 2.20. The third-order valence-electron chi connectivity index (χ3n) is 4.55. The van der Waals surface area contributed by atoms with Crippen LogP contribution in [0.2, 0.25) is 0 Å². The van der Waals surface area contributed by atoms with Crippen LogP contribution in [0.4, 0.5) is 21.8 Å². The number of carbonyl (C=O) groups is 1. The summed E-state index contributed by atoms with van der Waals surface area (Å²) < 4.78 is 19.3. The number of carboxylic acid groups (broad SMARTS) is 1. The van der Waals surface area contributed by atoms with E-state index >= 15 is 0 Å². The molecule has 4 rings (SSSR count). The van der Waals surface area contributed by atoms with Crippen LogP contribution in [0.25, 0.3) is 11.1 Å². The first-order valence-electron chi connectivity index (χ1n) is 9.12. The molecule has 0 saturated carbocycles. The van der Waals surface area contributed by atoms with E-state index < -0.39 is 5.97 Å². The van der Waals surface area contributed by atoms with Crippen molar-refractivity contribution in [2.24, 2.45) is 0 Å². The quantitative estimate of drug-likeness (QED) is 0.578. The van der Waals surface area contributed by atoms with E-state index in [1.165, 1.54) is 12.3 Å². The second kappa shape index (κ2) is 8.72. The lowest BCUT2D eigenvalue weighted by Gasteiger charge is -2.29. The van der Waals surface area contributed by atoms with Crippen LogP contribution in [0.15, 0.2) is 47.3 Å². The lowest BCUT2D eigenvalue weighted by molar-refractivity contribution is 0.0696. The van der Waals surface area contributed by atoms with Gasteiger partial charge in [-0.2, -0.15) is 4.98 Å². The van der Waals surface area contributed by atoms with Gasteiger partial charge in [-0.1, -0.05) is 0 Å².